The standard InChI is InChI=1S/C15H20F3N3O3S/c1-25(23,24)21-13-9-5-4-8-12(13)20-14(22)19-11-7-3-2-6-10(11)15(16,17)18/h2-3,6-7,12-13,21H,4-5,8-9H2,1H3,(H2,19,20,22)/t12-,13-/m1/s1. The molecular formula is C15H20F3N3O3S. The molecule has 2 amide bonds. The number of amides is 2. The SMILES string of the molecule is CS(=O)(=O)N[C@@H]1CCCC[C@H]1NC(=O)Nc1ccccc1C(F)(F)F. The lowest BCUT2D eigenvalue weighted by Gasteiger charge is -2.32. The number of benzene rings is 1. The van der Waals surface area contributed by atoms with E-state index in [0.29, 0.717) is 12.8 Å². The van der Waals surface area contributed by atoms with Crippen molar-refractivity contribution in [2.75, 3.05) is 11.6 Å². The number of para-hydroxylation sites is 1. The highest BCUT2D eigenvalue weighted by Gasteiger charge is 2.34. The molecule has 2 atom stereocenters. The second-order valence-electron chi connectivity index (χ2n) is 6.03. The first kappa shape index (κ1) is 19.5. The van der Waals surface area contributed by atoms with Gasteiger partial charge in [-0.2, -0.15) is 13.2 Å². The highest BCUT2D eigenvalue weighted by atomic mass is 32.2. The predicted molar refractivity (Wildman–Crippen MR) is 87.6 cm³/mol. The van der Waals surface area contributed by atoms with Crippen LogP contribution in [0.15, 0.2) is 24.3 Å². The number of sulfonamides is 1. The van der Waals surface area contributed by atoms with Gasteiger partial charge >= 0.3 is 12.2 Å². The van der Waals surface area contributed by atoms with Gasteiger partial charge < -0.3 is 10.6 Å². The monoisotopic (exact) mass is 379 g/mol. The minimum Gasteiger partial charge on any atom is -0.334 e. The summed E-state index contributed by atoms with van der Waals surface area (Å²) in [6.45, 7) is 0. The number of nitrogens with one attached hydrogen (secondary N) is 3. The van der Waals surface area contributed by atoms with E-state index in [4.69, 9.17) is 0 Å². The average Bonchev–Trinajstić information content (AvgIpc) is 2.47. The van der Waals surface area contributed by atoms with E-state index in [0.717, 1.165) is 31.2 Å². The van der Waals surface area contributed by atoms with Crippen LogP contribution >= 0.6 is 0 Å². The van der Waals surface area contributed by atoms with Crippen molar-refractivity contribution >= 4 is 21.7 Å². The van der Waals surface area contributed by atoms with E-state index in [-0.39, 0.29) is 5.69 Å². The highest BCUT2D eigenvalue weighted by Crippen LogP contribution is 2.34. The molecule has 1 aromatic carbocycles. The molecule has 0 bridgehead atoms. The summed E-state index contributed by atoms with van der Waals surface area (Å²) in [5, 5.41) is 4.77. The molecule has 1 fully saturated rings. The molecular weight excluding hydrogens is 359 g/mol. The molecule has 3 N–H and O–H groups in total. The van der Waals surface area contributed by atoms with E-state index in [1.807, 2.05) is 0 Å². The molecule has 0 spiro atoms. The Kier molecular flexibility index (Phi) is 5.94. The maximum absolute atomic E-state index is 13.0. The first-order valence-electron chi connectivity index (χ1n) is 7.77. The summed E-state index contributed by atoms with van der Waals surface area (Å²) in [6, 6.07) is 2.90. The summed E-state index contributed by atoms with van der Waals surface area (Å²) in [4.78, 5) is 12.1. The molecule has 1 aromatic rings. The largest absolute Gasteiger partial charge is 0.418 e. The van der Waals surface area contributed by atoms with Crippen LogP contribution in [0.3, 0.4) is 0 Å². The fourth-order valence-corrected chi connectivity index (χ4v) is 3.72. The number of carbonyl (C=O) groups excluding carboxylic acids is 1. The van der Waals surface area contributed by atoms with Gasteiger partial charge in [-0.25, -0.2) is 17.9 Å². The fraction of sp³-hybridized carbons (Fsp3) is 0.533. The van der Waals surface area contributed by atoms with Gasteiger partial charge in [0.15, 0.2) is 0 Å². The zero-order chi connectivity index (χ0) is 18.7. The van der Waals surface area contributed by atoms with E-state index < -0.39 is 39.9 Å². The van der Waals surface area contributed by atoms with E-state index in [2.05, 4.69) is 15.4 Å². The third kappa shape index (κ3) is 5.89. The highest BCUT2D eigenvalue weighted by molar-refractivity contribution is 7.88. The quantitative estimate of drug-likeness (QED) is 0.752. The van der Waals surface area contributed by atoms with Crippen LogP contribution < -0.4 is 15.4 Å². The number of urea groups is 1. The van der Waals surface area contributed by atoms with Crippen molar-refractivity contribution in [2.24, 2.45) is 0 Å². The van der Waals surface area contributed by atoms with Crippen LogP contribution in [0.4, 0.5) is 23.7 Å². The molecule has 0 unspecified atom stereocenters. The number of rotatable bonds is 4. The van der Waals surface area contributed by atoms with E-state index >= 15 is 0 Å². The summed E-state index contributed by atoms with van der Waals surface area (Å²) >= 11 is 0. The van der Waals surface area contributed by atoms with Crippen molar-refractivity contribution < 1.29 is 26.4 Å². The van der Waals surface area contributed by atoms with Crippen LogP contribution in [0.2, 0.25) is 0 Å². The first-order valence-corrected chi connectivity index (χ1v) is 9.66. The Hall–Kier alpha value is -1.81. The van der Waals surface area contributed by atoms with Crippen LogP contribution in [0.25, 0.3) is 0 Å². The normalized spacial score (nSPS) is 21.6. The second kappa shape index (κ2) is 7.61. The molecule has 2 rings (SSSR count). The lowest BCUT2D eigenvalue weighted by atomic mass is 9.91. The summed E-state index contributed by atoms with van der Waals surface area (Å²) in [6.07, 6.45) is -0.859. The van der Waals surface area contributed by atoms with E-state index in [9.17, 15) is 26.4 Å². The maximum atomic E-state index is 13.0. The summed E-state index contributed by atoms with van der Waals surface area (Å²) in [5.41, 5.74) is -1.30. The molecule has 1 saturated carbocycles. The Morgan fingerprint density at radius 3 is 2.32 bits per heavy atom. The average molecular weight is 379 g/mol. The molecule has 0 saturated heterocycles. The van der Waals surface area contributed by atoms with Crippen molar-refractivity contribution in [3.8, 4) is 0 Å². The number of carbonyl (C=O) groups is 1. The van der Waals surface area contributed by atoms with Crippen LogP contribution in [0.5, 0.6) is 0 Å². The van der Waals surface area contributed by atoms with Gasteiger partial charge in [-0.3, -0.25) is 0 Å². The number of alkyl halides is 3. The van der Waals surface area contributed by atoms with E-state index in [1.165, 1.54) is 12.1 Å². The molecule has 0 heterocycles. The van der Waals surface area contributed by atoms with Crippen LogP contribution in [-0.2, 0) is 16.2 Å². The Morgan fingerprint density at radius 2 is 1.72 bits per heavy atom. The zero-order valence-electron chi connectivity index (χ0n) is 13.6. The van der Waals surface area contributed by atoms with Gasteiger partial charge in [-0.05, 0) is 25.0 Å². The zero-order valence-corrected chi connectivity index (χ0v) is 14.4. The minimum absolute atomic E-state index is 0.351. The van der Waals surface area contributed by atoms with Gasteiger partial charge in [-0.1, -0.05) is 25.0 Å². The minimum atomic E-state index is -4.59. The lowest BCUT2D eigenvalue weighted by Crippen LogP contribution is -2.53. The third-order valence-electron chi connectivity index (χ3n) is 3.93. The van der Waals surface area contributed by atoms with Crippen LogP contribution in [0, 0.1) is 0 Å². The van der Waals surface area contributed by atoms with Crippen molar-refractivity contribution in [2.45, 2.75) is 43.9 Å². The Morgan fingerprint density at radius 1 is 1.12 bits per heavy atom. The molecule has 0 aliphatic heterocycles. The smallest absolute Gasteiger partial charge is 0.334 e. The molecule has 10 heteroatoms. The van der Waals surface area contributed by atoms with Crippen LogP contribution in [-0.4, -0.2) is 32.8 Å². The van der Waals surface area contributed by atoms with Gasteiger partial charge in [0.2, 0.25) is 10.0 Å². The summed E-state index contributed by atoms with van der Waals surface area (Å²) < 4.78 is 64.2. The summed E-state index contributed by atoms with van der Waals surface area (Å²) in [7, 11) is -3.45. The number of hydrogen-bond acceptors (Lipinski definition) is 3. The van der Waals surface area contributed by atoms with Gasteiger partial charge in [0, 0.05) is 12.1 Å². The topological polar surface area (TPSA) is 87.3 Å². The molecule has 1 aliphatic rings. The molecule has 6 nitrogen and oxygen atoms in total. The fourth-order valence-electron chi connectivity index (χ4n) is 2.89. The first-order chi connectivity index (χ1) is 11.6. The Labute approximate surface area is 144 Å². The van der Waals surface area contributed by atoms with Gasteiger partial charge in [0.1, 0.15) is 0 Å². The lowest BCUT2D eigenvalue weighted by molar-refractivity contribution is -0.136. The van der Waals surface area contributed by atoms with Crippen molar-refractivity contribution in [3.05, 3.63) is 29.8 Å². The number of anilines is 1. The maximum Gasteiger partial charge on any atom is 0.418 e. The van der Waals surface area contributed by atoms with Gasteiger partial charge in [0.05, 0.1) is 17.5 Å². The molecule has 140 valence electrons. The molecule has 25 heavy (non-hydrogen) atoms. The van der Waals surface area contributed by atoms with Gasteiger partial charge in [0.25, 0.3) is 0 Å². The molecule has 1 aliphatic carbocycles. The van der Waals surface area contributed by atoms with Crippen LogP contribution in [0.1, 0.15) is 31.2 Å². The molecule has 0 aromatic heterocycles. The number of halogens is 3. The molecule has 0 radical (unpaired) electrons. The third-order valence-corrected chi connectivity index (χ3v) is 4.66. The van der Waals surface area contributed by atoms with Crippen molar-refractivity contribution in [1.29, 1.82) is 0 Å². The second-order valence-corrected chi connectivity index (χ2v) is 7.81. The predicted octanol–water partition coefficient (Wildman–Crippen LogP) is 2.69. The van der Waals surface area contributed by atoms with Gasteiger partial charge in [-0.15, -0.1) is 0 Å². The van der Waals surface area contributed by atoms with Crippen molar-refractivity contribution in [1.82, 2.24) is 10.0 Å². The van der Waals surface area contributed by atoms with E-state index in [1.54, 1.807) is 0 Å². The van der Waals surface area contributed by atoms with Crippen molar-refractivity contribution in [3.63, 3.8) is 0 Å². The number of hydrogen-bond donors (Lipinski definition) is 3. The Balaban J connectivity index is 2.07. The summed E-state index contributed by atoms with van der Waals surface area (Å²) in [5.74, 6) is 0. The Bertz CT molecular complexity index is 722.